The van der Waals surface area contributed by atoms with Gasteiger partial charge in [0.1, 0.15) is 5.82 Å². The molecule has 0 N–H and O–H groups in total. The zero-order valence-corrected chi connectivity index (χ0v) is 12.8. The van der Waals surface area contributed by atoms with E-state index in [1.165, 1.54) is 4.90 Å². The van der Waals surface area contributed by atoms with Gasteiger partial charge >= 0.3 is 0 Å². The highest BCUT2D eigenvalue weighted by Gasteiger charge is 2.34. The first kappa shape index (κ1) is 14.1. The standard InChI is InChI=1S/C14H17N3O3S/c1-10-15-13(12-5-3-4-7-17(10)12)14(18)16(2)11-6-8-21(19,20)9-11/h3-5,7,11H,6,8-9H2,1-2H3. The molecule has 1 fully saturated rings. The lowest BCUT2D eigenvalue weighted by Gasteiger charge is -2.22. The van der Waals surface area contributed by atoms with Gasteiger partial charge in [-0.2, -0.15) is 0 Å². The van der Waals surface area contributed by atoms with E-state index in [4.69, 9.17) is 0 Å². The Balaban J connectivity index is 1.94. The summed E-state index contributed by atoms with van der Waals surface area (Å²) in [6, 6.07) is 5.31. The number of rotatable bonds is 2. The molecule has 112 valence electrons. The Morgan fingerprint density at radius 2 is 2.19 bits per heavy atom. The number of fused-ring (bicyclic) bond motifs is 1. The van der Waals surface area contributed by atoms with Crippen molar-refractivity contribution < 1.29 is 13.2 Å². The van der Waals surface area contributed by atoms with Gasteiger partial charge in [-0.05, 0) is 25.5 Å². The van der Waals surface area contributed by atoms with Gasteiger partial charge in [0.05, 0.1) is 17.0 Å². The number of imidazole rings is 1. The number of pyridine rings is 1. The van der Waals surface area contributed by atoms with Crippen LogP contribution in [-0.4, -0.2) is 53.2 Å². The summed E-state index contributed by atoms with van der Waals surface area (Å²) in [7, 11) is -1.36. The van der Waals surface area contributed by atoms with Crippen LogP contribution in [0.4, 0.5) is 0 Å². The molecule has 0 aromatic carbocycles. The second kappa shape index (κ2) is 4.84. The van der Waals surface area contributed by atoms with Gasteiger partial charge in [-0.15, -0.1) is 0 Å². The maximum atomic E-state index is 12.6. The SMILES string of the molecule is Cc1nc(C(=O)N(C)C2CCS(=O)(=O)C2)c2ccccn12. The van der Waals surface area contributed by atoms with E-state index in [9.17, 15) is 13.2 Å². The van der Waals surface area contributed by atoms with E-state index in [1.807, 2.05) is 35.7 Å². The van der Waals surface area contributed by atoms with Crippen molar-refractivity contribution in [3.63, 3.8) is 0 Å². The van der Waals surface area contributed by atoms with Crippen LogP contribution in [0.1, 0.15) is 22.7 Å². The van der Waals surface area contributed by atoms with Gasteiger partial charge < -0.3 is 9.30 Å². The molecular formula is C14H17N3O3S. The van der Waals surface area contributed by atoms with Crippen LogP contribution in [0.5, 0.6) is 0 Å². The van der Waals surface area contributed by atoms with E-state index in [0.29, 0.717) is 12.1 Å². The van der Waals surface area contributed by atoms with Crippen LogP contribution < -0.4 is 0 Å². The molecule has 21 heavy (non-hydrogen) atoms. The molecule has 0 radical (unpaired) electrons. The van der Waals surface area contributed by atoms with E-state index in [1.54, 1.807) is 7.05 Å². The Hall–Kier alpha value is -1.89. The predicted molar refractivity (Wildman–Crippen MR) is 79.1 cm³/mol. The summed E-state index contributed by atoms with van der Waals surface area (Å²) >= 11 is 0. The summed E-state index contributed by atoms with van der Waals surface area (Å²) in [4.78, 5) is 18.5. The van der Waals surface area contributed by atoms with Crippen molar-refractivity contribution in [2.24, 2.45) is 0 Å². The Bertz CT molecular complexity index is 810. The number of aromatic nitrogens is 2. The average Bonchev–Trinajstić information content (AvgIpc) is 2.98. The number of aryl methyl sites for hydroxylation is 1. The number of nitrogens with zero attached hydrogens (tertiary/aromatic N) is 3. The summed E-state index contributed by atoms with van der Waals surface area (Å²) in [6.45, 7) is 1.84. The summed E-state index contributed by atoms with van der Waals surface area (Å²) in [5.41, 5.74) is 1.12. The van der Waals surface area contributed by atoms with Crippen LogP contribution in [0.15, 0.2) is 24.4 Å². The molecule has 3 heterocycles. The van der Waals surface area contributed by atoms with E-state index in [0.717, 1.165) is 11.3 Å². The highest BCUT2D eigenvalue weighted by atomic mass is 32.2. The lowest BCUT2D eigenvalue weighted by molar-refractivity contribution is 0.0744. The van der Waals surface area contributed by atoms with Crippen LogP contribution in [0.25, 0.3) is 5.52 Å². The Kier molecular flexibility index (Phi) is 3.24. The summed E-state index contributed by atoms with van der Waals surface area (Å²) < 4.78 is 25.0. The molecule has 7 heteroatoms. The van der Waals surface area contributed by atoms with Crippen LogP contribution >= 0.6 is 0 Å². The minimum atomic E-state index is -3.01. The van der Waals surface area contributed by atoms with Gasteiger partial charge in [0.25, 0.3) is 5.91 Å². The molecule has 1 unspecified atom stereocenters. The zero-order chi connectivity index (χ0) is 15.2. The molecule has 2 aromatic heterocycles. The first-order valence-corrected chi connectivity index (χ1v) is 8.62. The minimum Gasteiger partial charge on any atom is -0.336 e. The van der Waals surface area contributed by atoms with Gasteiger partial charge in [-0.1, -0.05) is 6.07 Å². The van der Waals surface area contributed by atoms with Crippen LogP contribution in [0.2, 0.25) is 0 Å². The van der Waals surface area contributed by atoms with Crippen LogP contribution in [-0.2, 0) is 9.84 Å². The molecule has 1 saturated heterocycles. The maximum Gasteiger partial charge on any atom is 0.274 e. The third-order valence-corrected chi connectivity index (χ3v) is 5.75. The Morgan fingerprint density at radius 3 is 2.86 bits per heavy atom. The van der Waals surface area contributed by atoms with Crippen molar-refractivity contribution in [3.8, 4) is 0 Å². The fourth-order valence-electron chi connectivity index (χ4n) is 2.76. The Morgan fingerprint density at radius 1 is 1.43 bits per heavy atom. The molecule has 1 aliphatic rings. The number of sulfone groups is 1. The Labute approximate surface area is 123 Å². The molecule has 1 aliphatic heterocycles. The zero-order valence-electron chi connectivity index (χ0n) is 12.0. The van der Waals surface area contributed by atoms with Crippen molar-refractivity contribution in [2.45, 2.75) is 19.4 Å². The molecule has 1 amide bonds. The largest absolute Gasteiger partial charge is 0.336 e. The van der Waals surface area contributed by atoms with Gasteiger partial charge in [0.15, 0.2) is 15.5 Å². The second-order valence-corrected chi connectivity index (χ2v) is 7.67. The monoisotopic (exact) mass is 307 g/mol. The van der Waals surface area contributed by atoms with Gasteiger partial charge in [-0.3, -0.25) is 4.79 Å². The number of carbonyl (C=O) groups is 1. The highest BCUT2D eigenvalue weighted by molar-refractivity contribution is 7.91. The molecule has 6 nitrogen and oxygen atoms in total. The first-order chi connectivity index (χ1) is 9.89. The second-order valence-electron chi connectivity index (χ2n) is 5.44. The number of hydrogen-bond donors (Lipinski definition) is 0. The fourth-order valence-corrected chi connectivity index (χ4v) is 4.54. The maximum absolute atomic E-state index is 12.6. The van der Waals surface area contributed by atoms with Crippen molar-refractivity contribution in [3.05, 3.63) is 35.9 Å². The summed E-state index contributed by atoms with van der Waals surface area (Å²) in [5, 5.41) is 0. The lowest BCUT2D eigenvalue weighted by Crippen LogP contribution is -2.38. The molecule has 1 atom stereocenters. The van der Waals surface area contributed by atoms with Crippen LogP contribution in [0, 0.1) is 6.92 Å². The molecule has 0 spiro atoms. The lowest BCUT2D eigenvalue weighted by atomic mass is 10.2. The van der Waals surface area contributed by atoms with E-state index in [-0.39, 0.29) is 23.5 Å². The van der Waals surface area contributed by atoms with E-state index >= 15 is 0 Å². The third kappa shape index (κ3) is 2.42. The topological polar surface area (TPSA) is 71.8 Å². The van der Waals surface area contributed by atoms with Crippen molar-refractivity contribution in [1.29, 1.82) is 0 Å². The van der Waals surface area contributed by atoms with Crippen molar-refractivity contribution >= 4 is 21.3 Å². The first-order valence-electron chi connectivity index (χ1n) is 6.80. The number of hydrogen-bond acceptors (Lipinski definition) is 4. The number of amides is 1. The van der Waals surface area contributed by atoms with Crippen molar-refractivity contribution in [1.82, 2.24) is 14.3 Å². The van der Waals surface area contributed by atoms with Gasteiger partial charge in [-0.25, -0.2) is 13.4 Å². The smallest absolute Gasteiger partial charge is 0.274 e. The normalized spacial score (nSPS) is 20.8. The molecular weight excluding hydrogens is 290 g/mol. The molecule has 0 aliphatic carbocycles. The summed E-state index contributed by atoms with van der Waals surface area (Å²) in [6.07, 6.45) is 2.35. The minimum absolute atomic E-state index is 0.0417. The number of carbonyl (C=O) groups excluding carboxylic acids is 1. The predicted octanol–water partition coefficient (Wildman–Crippen LogP) is 0.902. The molecule has 0 saturated carbocycles. The summed E-state index contributed by atoms with van der Waals surface area (Å²) in [5.74, 6) is 0.702. The fraction of sp³-hybridized carbons (Fsp3) is 0.429. The quantitative estimate of drug-likeness (QED) is 0.826. The average molecular weight is 307 g/mol. The van der Waals surface area contributed by atoms with Crippen LogP contribution in [0.3, 0.4) is 0 Å². The van der Waals surface area contributed by atoms with Crippen molar-refractivity contribution in [2.75, 3.05) is 18.6 Å². The van der Waals surface area contributed by atoms with E-state index in [2.05, 4.69) is 4.98 Å². The molecule has 0 bridgehead atoms. The van der Waals surface area contributed by atoms with E-state index < -0.39 is 9.84 Å². The molecule has 3 rings (SSSR count). The van der Waals surface area contributed by atoms with Gasteiger partial charge in [0.2, 0.25) is 0 Å². The highest BCUT2D eigenvalue weighted by Crippen LogP contribution is 2.20. The molecule has 2 aromatic rings. The van der Waals surface area contributed by atoms with Gasteiger partial charge in [0, 0.05) is 19.3 Å². The third-order valence-electron chi connectivity index (χ3n) is 4.00.